The molecule has 0 saturated heterocycles. The predicted molar refractivity (Wildman–Crippen MR) is 102 cm³/mol. The number of carbonyl (C=O) groups is 2. The zero-order chi connectivity index (χ0) is 21.0. The Balaban J connectivity index is 1.95. The van der Waals surface area contributed by atoms with E-state index in [1.807, 2.05) is 0 Å². The van der Waals surface area contributed by atoms with Gasteiger partial charge in [-0.3, -0.25) is 14.9 Å². The average Bonchev–Trinajstić information content (AvgIpc) is 2.74. The van der Waals surface area contributed by atoms with Crippen molar-refractivity contribution in [2.75, 3.05) is 0 Å². The van der Waals surface area contributed by atoms with Gasteiger partial charge in [0.1, 0.15) is 12.0 Å². The number of aldehydes is 1. The quantitative estimate of drug-likeness (QED) is 0.200. The minimum atomic E-state index is -4.13. The van der Waals surface area contributed by atoms with E-state index in [1.54, 1.807) is 0 Å². The smallest absolute Gasteiger partial charge is 0.344 e. The molecule has 0 spiro atoms. The van der Waals surface area contributed by atoms with Gasteiger partial charge in [-0.1, -0.05) is 12.1 Å². The molecule has 0 amide bonds. The third-order valence-corrected chi connectivity index (χ3v) is 5.81. The zero-order valence-electron chi connectivity index (χ0n) is 14.7. The van der Waals surface area contributed by atoms with E-state index in [-0.39, 0.29) is 26.8 Å². The summed E-state index contributed by atoms with van der Waals surface area (Å²) in [6.45, 7) is 0. The first kappa shape index (κ1) is 19.9. The van der Waals surface area contributed by atoms with Gasteiger partial charge in [0.25, 0.3) is 5.69 Å². The minimum Gasteiger partial charge on any atom is -0.423 e. The van der Waals surface area contributed by atoms with Crippen LogP contribution in [0.5, 0.6) is 5.75 Å². The number of rotatable bonds is 6. The maximum atomic E-state index is 13.0. The van der Waals surface area contributed by atoms with Crippen LogP contribution in [-0.4, -0.2) is 25.6 Å². The first-order valence-electron chi connectivity index (χ1n) is 8.19. The number of benzene rings is 3. The molecule has 146 valence electrons. The second-order valence-corrected chi connectivity index (χ2v) is 7.75. The number of sulfone groups is 1. The van der Waals surface area contributed by atoms with Gasteiger partial charge in [-0.25, -0.2) is 13.2 Å². The van der Waals surface area contributed by atoms with Gasteiger partial charge in [0.15, 0.2) is 0 Å². The van der Waals surface area contributed by atoms with Crippen molar-refractivity contribution in [3.63, 3.8) is 0 Å². The molecular formula is C20H13NO7S. The largest absolute Gasteiger partial charge is 0.423 e. The molecular weight excluding hydrogens is 398 g/mol. The Kier molecular flexibility index (Phi) is 5.51. The lowest BCUT2D eigenvalue weighted by Gasteiger charge is -2.10. The number of carbonyl (C=O) groups excluding carboxylic acids is 2. The normalized spacial score (nSPS) is 10.9. The molecule has 0 aliphatic heterocycles. The van der Waals surface area contributed by atoms with E-state index in [1.165, 1.54) is 48.5 Å². The maximum absolute atomic E-state index is 13.0. The topological polar surface area (TPSA) is 121 Å². The van der Waals surface area contributed by atoms with Crippen molar-refractivity contribution in [1.82, 2.24) is 0 Å². The first-order chi connectivity index (χ1) is 13.8. The number of hydrogen-bond acceptors (Lipinski definition) is 7. The molecule has 0 radical (unpaired) electrons. The van der Waals surface area contributed by atoms with Crippen molar-refractivity contribution >= 4 is 27.8 Å². The van der Waals surface area contributed by atoms with Crippen LogP contribution < -0.4 is 4.74 Å². The van der Waals surface area contributed by atoms with E-state index in [9.17, 15) is 28.1 Å². The first-order valence-corrected chi connectivity index (χ1v) is 9.67. The van der Waals surface area contributed by atoms with E-state index in [0.29, 0.717) is 11.8 Å². The molecule has 3 aromatic rings. The Morgan fingerprint density at radius 1 is 0.931 bits per heavy atom. The number of nitro benzene ring substituents is 1. The van der Waals surface area contributed by atoms with E-state index >= 15 is 0 Å². The third-order valence-electron chi connectivity index (χ3n) is 3.98. The van der Waals surface area contributed by atoms with Crippen LogP contribution in [0, 0.1) is 10.1 Å². The molecule has 0 saturated carbocycles. The van der Waals surface area contributed by atoms with Gasteiger partial charge >= 0.3 is 5.97 Å². The highest BCUT2D eigenvalue weighted by Crippen LogP contribution is 2.26. The summed E-state index contributed by atoms with van der Waals surface area (Å²) in [5.74, 6) is -0.756. The van der Waals surface area contributed by atoms with Gasteiger partial charge < -0.3 is 4.74 Å². The number of non-ortho nitro benzene ring substituents is 1. The van der Waals surface area contributed by atoms with Crippen LogP contribution >= 0.6 is 0 Å². The fourth-order valence-corrected chi connectivity index (χ4v) is 3.97. The molecule has 0 aliphatic rings. The van der Waals surface area contributed by atoms with Crippen LogP contribution in [0.4, 0.5) is 5.69 Å². The summed E-state index contributed by atoms with van der Waals surface area (Å²) in [6, 6.07) is 15.6. The van der Waals surface area contributed by atoms with Crippen molar-refractivity contribution in [1.29, 1.82) is 0 Å². The van der Waals surface area contributed by atoms with Crippen molar-refractivity contribution in [2.45, 2.75) is 9.79 Å². The van der Waals surface area contributed by atoms with E-state index in [4.69, 9.17) is 4.74 Å². The van der Waals surface area contributed by atoms with Crippen LogP contribution in [-0.2, 0) is 9.84 Å². The number of nitro groups is 1. The molecule has 0 aliphatic carbocycles. The van der Waals surface area contributed by atoms with Crippen molar-refractivity contribution in [3.8, 4) is 5.75 Å². The molecule has 9 heteroatoms. The molecule has 0 aromatic heterocycles. The predicted octanol–water partition coefficient (Wildman–Crippen LogP) is 3.46. The van der Waals surface area contributed by atoms with Crippen LogP contribution in [0.1, 0.15) is 20.7 Å². The molecule has 29 heavy (non-hydrogen) atoms. The molecule has 0 unspecified atom stereocenters. The van der Waals surface area contributed by atoms with Crippen LogP contribution in [0.25, 0.3) is 0 Å². The lowest BCUT2D eigenvalue weighted by Crippen LogP contribution is -2.14. The van der Waals surface area contributed by atoms with Gasteiger partial charge in [-0.15, -0.1) is 0 Å². The molecule has 0 atom stereocenters. The number of hydrogen-bond donors (Lipinski definition) is 0. The monoisotopic (exact) mass is 411 g/mol. The fourth-order valence-electron chi connectivity index (χ4n) is 2.52. The highest BCUT2D eigenvalue weighted by Gasteiger charge is 2.26. The summed E-state index contributed by atoms with van der Waals surface area (Å²) in [6.07, 6.45) is 0.637. The van der Waals surface area contributed by atoms with Gasteiger partial charge in [-0.2, -0.15) is 0 Å². The average molecular weight is 411 g/mol. The summed E-state index contributed by atoms with van der Waals surface area (Å²) in [5.41, 5.74) is -0.0494. The molecule has 0 bridgehead atoms. The fraction of sp³-hybridized carbons (Fsp3) is 0. The minimum absolute atomic E-state index is 0.142. The summed E-state index contributed by atoms with van der Waals surface area (Å²) in [4.78, 5) is 32.9. The van der Waals surface area contributed by atoms with Crippen LogP contribution in [0.3, 0.4) is 0 Å². The van der Waals surface area contributed by atoms with Crippen LogP contribution in [0.2, 0.25) is 0 Å². The number of esters is 1. The van der Waals surface area contributed by atoms with Gasteiger partial charge in [0.2, 0.25) is 9.84 Å². The Hall–Kier alpha value is -3.85. The van der Waals surface area contributed by atoms with Gasteiger partial charge in [-0.05, 0) is 48.5 Å². The lowest BCUT2D eigenvalue weighted by atomic mass is 10.2. The second-order valence-electron chi connectivity index (χ2n) is 5.83. The highest BCUT2D eigenvalue weighted by molar-refractivity contribution is 7.91. The summed E-state index contributed by atoms with van der Waals surface area (Å²) in [7, 11) is -4.13. The molecule has 3 rings (SSSR count). The summed E-state index contributed by atoms with van der Waals surface area (Å²) < 4.78 is 31.1. The molecule has 8 nitrogen and oxygen atoms in total. The number of ether oxygens (including phenoxy) is 1. The lowest BCUT2D eigenvalue weighted by molar-refractivity contribution is -0.384. The van der Waals surface area contributed by atoms with Crippen molar-refractivity contribution < 1.29 is 27.7 Å². The van der Waals surface area contributed by atoms with Gasteiger partial charge in [0, 0.05) is 17.7 Å². The van der Waals surface area contributed by atoms with Crippen molar-refractivity contribution in [3.05, 3.63) is 94.0 Å². The maximum Gasteiger partial charge on any atom is 0.344 e. The number of nitrogens with zero attached hydrogens (tertiary/aromatic N) is 1. The van der Waals surface area contributed by atoms with E-state index < -0.39 is 20.7 Å². The standard InChI is InChI=1S/C20H13NO7S/c22-13-14-5-9-16(10-6-14)28-20(23)18-3-1-2-4-19(18)29(26,27)17-11-7-15(8-12-17)21(24)25/h1-13H. The molecule has 0 fully saturated rings. The molecule has 3 aromatic carbocycles. The van der Waals surface area contributed by atoms with Crippen LogP contribution in [0.15, 0.2) is 82.6 Å². The second kappa shape index (κ2) is 8.03. The molecule has 0 N–H and O–H groups in total. The SMILES string of the molecule is O=Cc1ccc(OC(=O)c2ccccc2S(=O)(=O)c2ccc([N+](=O)[O-])cc2)cc1. The Bertz CT molecular complexity index is 1180. The highest BCUT2D eigenvalue weighted by atomic mass is 32.2. The Labute approximate surface area is 165 Å². The third kappa shape index (κ3) is 4.19. The summed E-state index contributed by atoms with van der Waals surface area (Å²) >= 11 is 0. The van der Waals surface area contributed by atoms with E-state index in [0.717, 1.165) is 24.3 Å². The Morgan fingerprint density at radius 2 is 1.55 bits per heavy atom. The van der Waals surface area contributed by atoms with Gasteiger partial charge in [0.05, 0.1) is 20.3 Å². The zero-order valence-corrected chi connectivity index (χ0v) is 15.5. The Morgan fingerprint density at radius 3 is 2.14 bits per heavy atom. The van der Waals surface area contributed by atoms with E-state index in [2.05, 4.69) is 0 Å². The van der Waals surface area contributed by atoms with Crippen molar-refractivity contribution in [2.24, 2.45) is 0 Å². The molecule has 0 heterocycles. The summed E-state index contributed by atoms with van der Waals surface area (Å²) in [5, 5.41) is 10.8.